The van der Waals surface area contributed by atoms with Crippen molar-refractivity contribution in [2.24, 2.45) is 0 Å². The Balaban J connectivity index is 1.56. The highest BCUT2D eigenvalue weighted by atomic mass is 16.5. The van der Waals surface area contributed by atoms with Crippen LogP contribution in [0.25, 0.3) is 0 Å². The Morgan fingerprint density at radius 1 is 0.871 bits per heavy atom. The van der Waals surface area contributed by atoms with E-state index in [9.17, 15) is 9.59 Å². The lowest BCUT2D eigenvalue weighted by Gasteiger charge is -2.16. The highest BCUT2D eigenvalue weighted by Crippen LogP contribution is 2.20. The molecule has 3 aromatic rings. The monoisotopic (exact) mass is 416 g/mol. The fourth-order valence-electron chi connectivity index (χ4n) is 3.05. The Morgan fingerprint density at radius 2 is 1.58 bits per heavy atom. The summed E-state index contributed by atoms with van der Waals surface area (Å²) >= 11 is 0. The van der Waals surface area contributed by atoms with Gasteiger partial charge >= 0.3 is 0 Å². The molecule has 5 nitrogen and oxygen atoms in total. The van der Waals surface area contributed by atoms with Gasteiger partial charge in [0.15, 0.2) is 6.10 Å². The van der Waals surface area contributed by atoms with Crippen LogP contribution in [0.2, 0.25) is 0 Å². The number of hydrogen-bond donors (Lipinski definition) is 2. The molecule has 0 bridgehead atoms. The summed E-state index contributed by atoms with van der Waals surface area (Å²) in [6, 6.07) is 24.3. The van der Waals surface area contributed by atoms with Crippen LogP contribution >= 0.6 is 0 Å². The van der Waals surface area contributed by atoms with Crippen LogP contribution < -0.4 is 15.4 Å². The first-order valence-electron chi connectivity index (χ1n) is 10.4. The quantitative estimate of drug-likeness (QED) is 0.534. The van der Waals surface area contributed by atoms with Crippen LogP contribution in [0.15, 0.2) is 78.9 Å². The SMILES string of the molecule is CC(Oc1ccc(C(C)C)cc1)C(=O)Nc1cccc(C(=O)NCc2ccccc2)c1. The van der Waals surface area contributed by atoms with Gasteiger partial charge in [-0.2, -0.15) is 0 Å². The molecule has 1 unspecified atom stereocenters. The van der Waals surface area contributed by atoms with Gasteiger partial charge in [0.05, 0.1) is 0 Å². The third-order valence-corrected chi connectivity index (χ3v) is 4.92. The minimum atomic E-state index is -0.680. The van der Waals surface area contributed by atoms with Crippen molar-refractivity contribution < 1.29 is 14.3 Å². The zero-order chi connectivity index (χ0) is 22.2. The van der Waals surface area contributed by atoms with Crippen LogP contribution in [0.1, 0.15) is 48.2 Å². The summed E-state index contributed by atoms with van der Waals surface area (Å²) in [5.41, 5.74) is 3.26. The second-order valence-corrected chi connectivity index (χ2v) is 7.72. The molecule has 0 spiro atoms. The molecule has 160 valence electrons. The normalized spacial score (nSPS) is 11.6. The zero-order valence-electron chi connectivity index (χ0n) is 18.1. The first-order chi connectivity index (χ1) is 14.9. The smallest absolute Gasteiger partial charge is 0.265 e. The summed E-state index contributed by atoms with van der Waals surface area (Å²) < 4.78 is 5.76. The highest BCUT2D eigenvalue weighted by molar-refractivity contribution is 5.98. The number of rotatable bonds is 8. The van der Waals surface area contributed by atoms with Gasteiger partial charge in [-0.15, -0.1) is 0 Å². The molecule has 2 amide bonds. The largest absolute Gasteiger partial charge is 0.481 e. The van der Waals surface area contributed by atoms with E-state index in [0.29, 0.717) is 29.5 Å². The first-order valence-corrected chi connectivity index (χ1v) is 10.4. The maximum Gasteiger partial charge on any atom is 0.265 e. The first kappa shape index (κ1) is 22.1. The highest BCUT2D eigenvalue weighted by Gasteiger charge is 2.16. The second kappa shape index (κ2) is 10.4. The van der Waals surface area contributed by atoms with Crippen molar-refractivity contribution in [2.75, 3.05) is 5.32 Å². The van der Waals surface area contributed by atoms with E-state index in [-0.39, 0.29) is 11.8 Å². The van der Waals surface area contributed by atoms with E-state index < -0.39 is 6.10 Å². The van der Waals surface area contributed by atoms with Crippen LogP contribution in [0, 0.1) is 0 Å². The van der Waals surface area contributed by atoms with E-state index in [1.54, 1.807) is 31.2 Å². The average molecular weight is 417 g/mol. The van der Waals surface area contributed by atoms with Gasteiger partial charge in [0.25, 0.3) is 11.8 Å². The van der Waals surface area contributed by atoms with Crippen molar-refractivity contribution in [3.63, 3.8) is 0 Å². The van der Waals surface area contributed by atoms with Gasteiger partial charge in [-0.1, -0.05) is 62.4 Å². The molecule has 0 fully saturated rings. The number of carbonyl (C=O) groups is 2. The van der Waals surface area contributed by atoms with Crippen LogP contribution in [-0.2, 0) is 11.3 Å². The van der Waals surface area contributed by atoms with E-state index >= 15 is 0 Å². The number of amides is 2. The van der Waals surface area contributed by atoms with Crippen LogP contribution in [0.5, 0.6) is 5.75 Å². The molecule has 3 rings (SSSR count). The van der Waals surface area contributed by atoms with Crippen molar-refractivity contribution >= 4 is 17.5 Å². The predicted molar refractivity (Wildman–Crippen MR) is 123 cm³/mol. The van der Waals surface area contributed by atoms with Gasteiger partial charge in [-0.25, -0.2) is 0 Å². The van der Waals surface area contributed by atoms with E-state index in [2.05, 4.69) is 24.5 Å². The molecular weight excluding hydrogens is 388 g/mol. The van der Waals surface area contributed by atoms with E-state index in [1.807, 2.05) is 54.6 Å². The number of nitrogens with one attached hydrogen (secondary N) is 2. The number of carbonyl (C=O) groups excluding carboxylic acids is 2. The molecular formula is C26H28N2O3. The lowest BCUT2D eigenvalue weighted by molar-refractivity contribution is -0.122. The molecule has 31 heavy (non-hydrogen) atoms. The van der Waals surface area contributed by atoms with Crippen molar-refractivity contribution in [3.8, 4) is 5.75 Å². The Labute approximate surface area is 183 Å². The Bertz CT molecular complexity index is 1010. The van der Waals surface area contributed by atoms with E-state index in [1.165, 1.54) is 5.56 Å². The summed E-state index contributed by atoms with van der Waals surface area (Å²) in [6.07, 6.45) is -0.680. The maximum absolute atomic E-state index is 12.5. The Hall–Kier alpha value is -3.60. The van der Waals surface area contributed by atoms with Gasteiger partial charge in [-0.3, -0.25) is 9.59 Å². The third kappa shape index (κ3) is 6.44. The molecule has 3 aromatic carbocycles. The van der Waals surface area contributed by atoms with Crippen LogP contribution in [-0.4, -0.2) is 17.9 Å². The summed E-state index contributed by atoms with van der Waals surface area (Å²) in [7, 11) is 0. The average Bonchev–Trinajstić information content (AvgIpc) is 2.78. The molecule has 0 aliphatic rings. The summed E-state index contributed by atoms with van der Waals surface area (Å²) in [5, 5.41) is 5.70. The molecule has 0 heterocycles. The third-order valence-electron chi connectivity index (χ3n) is 4.92. The summed E-state index contributed by atoms with van der Waals surface area (Å²) in [4.78, 5) is 25.0. The van der Waals surface area contributed by atoms with E-state index in [4.69, 9.17) is 4.74 Å². The molecule has 0 aromatic heterocycles. The number of ether oxygens (including phenoxy) is 1. The van der Waals surface area contributed by atoms with Gasteiger partial charge in [0, 0.05) is 17.8 Å². The predicted octanol–water partition coefficient (Wildman–Crippen LogP) is 5.15. The second-order valence-electron chi connectivity index (χ2n) is 7.72. The molecule has 0 saturated carbocycles. The van der Waals surface area contributed by atoms with Gasteiger partial charge < -0.3 is 15.4 Å². The number of benzene rings is 3. The molecule has 0 aliphatic carbocycles. The van der Waals surface area contributed by atoms with E-state index in [0.717, 1.165) is 5.56 Å². The van der Waals surface area contributed by atoms with Gasteiger partial charge in [0.2, 0.25) is 0 Å². The standard InChI is InChI=1S/C26H28N2O3/c1-18(2)21-12-14-24(15-13-21)31-19(3)25(29)28-23-11-7-10-22(16-23)26(30)27-17-20-8-5-4-6-9-20/h4-16,18-19H,17H2,1-3H3,(H,27,30)(H,28,29). The molecule has 0 aliphatic heterocycles. The van der Waals surface area contributed by atoms with Gasteiger partial charge in [0.1, 0.15) is 5.75 Å². The zero-order valence-corrected chi connectivity index (χ0v) is 18.1. The topological polar surface area (TPSA) is 67.4 Å². The minimum Gasteiger partial charge on any atom is -0.481 e. The van der Waals surface area contributed by atoms with Crippen LogP contribution in [0.4, 0.5) is 5.69 Å². The summed E-state index contributed by atoms with van der Waals surface area (Å²) in [6.45, 7) is 6.39. The maximum atomic E-state index is 12.5. The van der Waals surface area contributed by atoms with Crippen molar-refractivity contribution in [1.29, 1.82) is 0 Å². The fraction of sp³-hybridized carbons (Fsp3) is 0.231. The molecule has 2 N–H and O–H groups in total. The van der Waals surface area contributed by atoms with Gasteiger partial charge in [-0.05, 0) is 54.3 Å². The molecule has 1 atom stereocenters. The minimum absolute atomic E-state index is 0.200. The van der Waals surface area contributed by atoms with Crippen molar-refractivity contribution in [3.05, 3.63) is 95.6 Å². The van der Waals surface area contributed by atoms with Crippen molar-refractivity contribution in [2.45, 2.75) is 39.3 Å². The number of hydrogen-bond acceptors (Lipinski definition) is 3. The summed E-state index contributed by atoms with van der Waals surface area (Å²) in [5.74, 6) is 0.595. The Morgan fingerprint density at radius 3 is 2.26 bits per heavy atom. The lowest BCUT2D eigenvalue weighted by atomic mass is 10.0. The fourth-order valence-corrected chi connectivity index (χ4v) is 3.05. The van der Waals surface area contributed by atoms with Crippen molar-refractivity contribution in [1.82, 2.24) is 5.32 Å². The molecule has 5 heteroatoms. The molecule has 0 radical (unpaired) electrons. The van der Waals surface area contributed by atoms with Crippen LogP contribution in [0.3, 0.4) is 0 Å². The number of anilines is 1. The Kier molecular flexibility index (Phi) is 7.44. The lowest BCUT2D eigenvalue weighted by Crippen LogP contribution is -2.30. The molecule has 0 saturated heterocycles.